The van der Waals surface area contributed by atoms with E-state index in [1.54, 1.807) is 13.8 Å². The molecule has 6 rings (SSSR count). The summed E-state index contributed by atoms with van der Waals surface area (Å²) in [6.07, 6.45) is 5.84. The van der Waals surface area contributed by atoms with Gasteiger partial charge in [0, 0.05) is 98.0 Å². The zero-order chi connectivity index (χ0) is 42.8. The molecular formula is C44H63LiN2O13. The predicted octanol–water partition coefficient (Wildman–Crippen LogP) is 1.14. The van der Waals surface area contributed by atoms with Gasteiger partial charge in [-0.25, -0.2) is 0 Å². The minimum atomic E-state index is -0.987. The summed E-state index contributed by atoms with van der Waals surface area (Å²) in [5.41, 5.74) is -2.93. The maximum absolute atomic E-state index is 13.2. The number of Topliss-reactive ketones (excluding diaryl/α,β-unsaturated/α-hetero) is 6. The average molecular weight is 835 g/mol. The number of carbonyl (C=O) groups excluding carboxylic acids is 9. The molecule has 15 nitrogen and oxygen atoms in total. The Labute approximate surface area is 364 Å². The van der Waals surface area contributed by atoms with Crippen LogP contribution in [0.15, 0.2) is 0 Å². The molecule has 0 aliphatic heterocycles. The molecule has 0 spiro atoms. The van der Waals surface area contributed by atoms with E-state index in [1.807, 2.05) is 20.8 Å². The van der Waals surface area contributed by atoms with Crippen molar-refractivity contribution in [3.8, 4) is 0 Å². The summed E-state index contributed by atoms with van der Waals surface area (Å²) >= 11 is 0. The largest absolute Gasteiger partial charge is 1.00 e. The standard InChI is InChI=1S/C23H33NO6.C21H29NO6.Li.H2O/c1-4-30-20(29)10-12-24-19(28)9-11-22(2)17(26)7-5-14-15-6-8-18(27)23(15,3)13-16(25)21(14)22;1-20(9-7-17(26)22-10-8-18(27)28)15(24)5-3-12-13-4-6-16(25)21(13,2)11-14(23)19(12)20;;/h14-15,21H,4-13H2,1-3H3,(H,24,28);12-13,19H,3-11H2,1-2H3,(H,22,26)(H,27,28);;1H2/q;;+1;/p-1/t14-,15-,21+,22-,23-;12-,13-,19+,20-,21-;;/m00../s1. The third-order valence-electron chi connectivity index (χ3n) is 15.4. The van der Waals surface area contributed by atoms with Crippen LogP contribution in [0.3, 0.4) is 0 Å². The molecule has 10 atom stereocenters. The summed E-state index contributed by atoms with van der Waals surface area (Å²) in [5.74, 6) is -1.96. The van der Waals surface area contributed by atoms with Gasteiger partial charge in [0.1, 0.15) is 34.7 Å². The van der Waals surface area contributed by atoms with E-state index in [0.29, 0.717) is 51.6 Å². The first-order valence-corrected chi connectivity index (χ1v) is 21.3. The van der Waals surface area contributed by atoms with Crippen molar-refractivity contribution in [1.29, 1.82) is 0 Å². The Morgan fingerprint density at radius 2 is 1.00 bits per heavy atom. The monoisotopic (exact) mass is 834 g/mol. The van der Waals surface area contributed by atoms with E-state index >= 15 is 0 Å². The van der Waals surface area contributed by atoms with E-state index in [-0.39, 0.29) is 159 Å². The number of aliphatic carboxylic acids is 1. The van der Waals surface area contributed by atoms with Gasteiger partial charge in [0.2, 0.25) is 11.8 Å². The van der Waals surface area contributed by atoms with Crippen LogP contribution in [-0.4, -0.2) is 88.7 Å². The average Bonchev–Trinajstić information content (AvgIpc) is 3.62. The number of fused-ring (bicyclic) bond motifs is 6. The molecule has 6 aliphatic carbocycles. The Kier molecular flexibility index (Phi) is 17.0. The summed E-state index contributed by atoms with van der Waals surface area (Å²) in [5, 5.41) is 13.9. The van der Waals surface area contributed by atoms with Crippen molar-refractivity contribution in [3.63, 3.8) is 0 Å². The second-order valence-corrected chi connectivity index (χ2v) is 18.7. The Bertz CT molecular complexity index is 1750. The minimum absolute atomic E-state index is 0. The number of ketones is 6. The van der Waals surface area contributed by atoms with Gasteiger partial charge in [-0.2, -0.15) is 0 Å². The van der Waals surface area contributed by atoms with Crippen molar-refractivity contribution in [2.45, 2.75) is 137 Å². The van der Waals surface area contributed by atoms with E-state index in [9.17, 15) is 47.9 Å². The summed E-state index contributed by atoms with van der Waals surface area (Å²) < 4.78 is 4.83. The number of hydrogen-bond donors (Lipinski definition) is 3. The molecule has 0 heterocycles. The van der Waals surface area contributed by atoms with Crippen LogP contribution in [0, 0.1) is 57.2 Å². The molecule has 0 bridgehead atoms. The number of nitrogens with one attached hydrogen (secondary N) is 2. The Hall–Kier alpha value is -3.54. The molecule has 4 N–H and O–H groups in total. The van der Waals surface area contributed by atoms with Gasteiger partial charge in [-0.05, 0) is 69.1 Å². The van der Waals surface area contributed by atoms with Crippen molar-refractivity contribution in [1.82, 2.24) is 10.6 Å². The van der Waals surface area contributed by atoms with Crippen LogP contribution >= 0.6 is 0 Å². The van der Waals surface area contributed by atoms with Gasteiger partial charge in [-0.15, -0.1) is 0 Å². The molecule has 0 radical (unpaired) electrons. The van der Waals surface area contributed by atoms with Crippen molar-refractivity contribution in [2.75, 3.05) is 19.7 Å². The van der Waals surface area contributed by atoms with Gasteiger partial charge in [0.25, 0.3) is 0 Å². The Balaban J connectivity index is 0.000000311. The van der Waals surface area contributed by atoms with Crippen molar-refractivity contribution in [3.05, 3.63) is 0 Å². The van der Waals surface area contributed by atoms with E-state index in [0.717, 1.165) is 12.8 Å². The van der Waals surface area contributed by atoms with Gasteiger partial charge in [-0.3, -0.25) is 47.9 Å². The van der Waals surface area contributed by atoms with Crippen LogP contribution in [0.5, 0.6) is 0 Å². The SMILES string of the molecule is CCOC(=O)CCNC(=O)CC[C@@]1(C)C(=O)CC[C@@H]2[C@@H]1C(=O)C[C@]1(C)C(=O)CC[C@@H]21.C[C@]1(CCC(=O)NCCC(=O)O)C(=O)CC[C@@H]2[C@@H]1C(=O)C[C@]1(C)C(=O)CC[C@@H]21.[Li+].[OH-]. The first-order valence-electron chi connectivity index (χ1n) is 21.3. The number of carboxylic acids is 1. The quantitative estimate of drug-likeness (QED) is 0.174. The summed E-state index contributed by atoms with van der Waals surface area (Å²) in [6.45, 7) is 9.72. The molecule has 60 heavy (non-hydrogen) atoms. The smallest absolute Gasteiger partial charge is 0.870 e. The van der Waals surface area contributed by atoms with E-state index in [1.165, 1.54) is 0 Å². The van der Waals surface area contributed by atoms with E-state index in [4.69, 9.17) is 9.84 Å². The number of rotatable bonds is 13. The molecule has 0 aromatic heterocycles. The first kappa shape index (κ1) is 50.8. The van der Waals surface area contributed by atoms with E-state index in [2.05, 4.69) is 10.6 Å². The zero-order valence-corrected chi connectivity index (χ0v) is 36.3. The predicted molar refractivity (Wildman–Crippen MR) is 210 cm³/mol. The van der Waals surface area contributed by atoms with Crippen LogP contribution in [0.4, 0.5) is 0 Å². The summed E-state index contributed by atoms with van der Waals surface area (Å²) in [6, 6.07) is 0. The molecule has 6 fully saturated rings. The van der Waals surface area contributed by atoms with Crippen LogP contribution in [0.25, 0.3) is 0 Å². The first-order chi connectivity index (χ1) is 27.2. The molecule has 0 saturated heterocycles. The minimum Gasteiger partial charge on any atom is -0.870 e. The molecule has 6 saturated carbocycles. The second-order valence-electron chi connectivity index (χ2n) is 18.7. The third kappa shape index (κ3) is 9.89. The fraction of sp³-hybridized carbons (Fsp3) is 0.773. The number of carboxylic acid groups (broad SMARTS) is 1. The molecular weight excluding hydrogens is 771 g/mol. The molecule has 16 heteroatoms. The van der Waals surface area contributed by atoms with Gasteiger partial charge in [0.15, 0.2) is 0 Å². The molecule has 0 aromatic carbocycles. The van der Waals surface area contributed by atoms with Crippen molar-refractivity contribution >= 4 is 58.5 Å². The summed E-state index contributed by atoms with van der Waals surface area (Å²) in [4.78, 5) is 123. The maximum Gasteiger partial charge on any atom is 1.00 e. The second kappa shape index (κ2) is 20.1. The van der Waals surface area contributed by atoms with Crippen LogP contribution in [0.2, 0.25) is 0 Å². The van der Waals surface area contributed by atoms with Crippen molar-refractivity contribution in [2.24, 2.45) is 57.2 Å². The van der Waals surface area contributed by atoms with Crippen LogP contribution in [-0.2, 0) is 52.7 Å². The fourth-order valence-electron chi connectivity index (χ4n) is 12.2. The number of ether oxygens (including phenoxy) is 1. The number of esters is 1. The Morgan fingerprint density at radius 3 is 1.38 bits per heavy atom. The topological polar surface area (TPSA) is 254 Å². The third-order valence-corrected chi connectivity index (χ3v) is 15.4. The maximum atomic E-state index is 13.2. The van der Waals surface area contributed by atoms with Gasteiger partial charge < -0.3 is 26.0 Å². The fourth-order valence-corrected chi connectivity index (χ4v) is 12.2. The van der Waals surface area contributed by atoms with Gasteiger partial charge >= 0.3 is 30.8 Å². The normalized spacial score (nSPS) is 35.2. The molecule has 2 amide bonds. The van der Waals surface area contributed by atoms with E-state index < -0.39 is 39.5 Å². The Morgan fingerprint density at radius 1 is 0.617 bits per heavy atom. The molecule has 0 unspecified atom stereocenters. The number of hydrogen-bond acceptors (Lipinski definition) is 12. The zero-order valence-electron chi connectivity index (χ0n) is 36.3. The molecule has 6 aliphatic rings. The van der Waals surface area contributed by atoms with Crippen molar-refractivity contribution < 1.29 is 82.1 Å². The van der Waals surface area contributed by atoms with Gasteiger partial charge in [-0.1, -0.05) is 27.7 Å². The van der Waals surface area contributed by atoms with Gasteiger partial charge in [0.05, 0.1) is 19.4 Å². The van der Waals surface area contributed by atoms with Crippen LogP contribution < -0.4 is 29.5 Å². The molecule has 328 valence electrons. The number of amides is 2. The molecule has 0 aromatic rings. The number of carbonyl (C=O) groups is 10. The summed E-state index contributed by atoms with van der Waals surface area (Å²) in [7, 11) is 0. The van der Waals surface area contributed by atoms with Crippen LogP contribution in [0.1, 0.15) is 137 Å².